The third-order valence-corrected chi connectivity index (χ3v) is 5.57. The summed E-state index contributed by atoms with van der Waals surface area (Å²) >= 11 is 0. The zero-order chi connectivity index (χ0) is 24.2. The summed E-state index contributed by atoms with van der Waals surface area (Å²) in [7, 11) is 4.90. The molecule has 7 nitrogen and oxygen atoms in total. The van der Waals surface area contributed by atoms with Gasteiger partial charge in [0.2, 0.25) is 5.91 Å². The predicted molar refractivity (Wildman–Crippen MR) is 128 cm³/mol. The molecule has 0 aliphatic carbocycles. The Morgan fingerprint density at radius 3 is 2.33 bits per heavy atom. The van der Waals surface area contributed by atoms with Gasteiger partial charge in [-0.05, 0) is 41.3 Å². The average Bonchev–Trinajstić information content (AvgIpc) is 3.23. The first-order chi connectivity index (χ1) is 15.6. The van der Waals surface area contributed by atoms with Crippen molar-refractivity contribution >= 4 is 17.5 Å². The topological polar surface area (TPSA) is 71.4 Å². The highest BCUT2D eigenvalue weighted by Crippen LogP contribution is 2.37. The van der Waals surface area contributed by atoms with Crippen molar-refractivity contribution in [3.63, 3.8) is 0 Å². The SMILES string of the molecule is COc1ccc(C2=NN(C(=O)CN(C)C(=O)CC(C)(C)C)[C@H](c3ccccc3OC)C2)cc1. The number of hydrogen-bond acceptors (Lipinski definition) is 5. The van der Waals surface area contributed by atoms with Crippen LogP contribution in [0.2, 0.25) is 0 Å². The summed E-state index contributed by atoms with van der Waals surface area (Å²) in [6.45, 7) is 5.97. The molecule has 0 unspecified atom stereocenters. The molecule has 0 bridgehead atoms. The standard InChI is InChI=1S/C26H33N3O4/c1-26(2,3)16-24(30)28(4)17-25(31)29-22(20-9-7-8-10-23(20)33-6)15-21(27-29)18-11-13-19(32-5)14-12-18/h7-14,22H,15-17H2,1-6H3/t22-/m0/s1. The highest BCUT2D eigenvalue weighted by Gasteiger charge is 2.35. The maximum Gasteiger partial charge on any atom is 0.262 e. The van der Waals surface area contributed by atoms with E-state index in [-0.39, 0.29) is 29.8 Å². The quantitative estimate of drug-likeness (QED) is 0.630. The molecule has 0 saturated heterocycles. The van der Waals surface area contributed by atoms with Gasteiger partial charge < -0.3 is 14.4 Å². The van der Waals surface area contributed by atoms with E-state index in [1.807, 2.05) is 69.3 Å². The molecule has 2 amide bonds. The van der Waals surface area contributed by atoms with Gasteiger partial charge in [0.05, 0.1) is 26.0 Å². The Labute approximate surface area is 196 Å². The number of rotatable bonds is 7. The summed E-state index contributed by atoms with van der Waals surface area (Å²) < 4.78 is 10.8. The minimum atomic E-state index is -0.322. The molecule has 0 N–H and O–H groups in total. The molecular formula is C26H33N3O4. The number of amides is 2. The fraction of sp³-hybridized carbons (Fsp3) is 0.423. The van der Waals surface area contributed by atoms with Crippen LogP contribution >= 0.6 is 0 Å². The van der Waals surface area contributed by atoms with Crippen LogP contribution in [0.3, 0.4) is 0 Å². The van der Waals surface area contributed by atoms with Gasteiger partial charge in [-0.3, -0.25) is 9.59 Å². The fourth-order valence-corrected chi connectivity index (χ4v) is 3.83. The van der Waals surface area contributed by atoms with Gasteiger partial charge in [0.15, 0.2) is 0 Å². The van der Waals surface area contributed by atoms with Crippen molar-refractivity contribution in [2.75, 3.05) is 27.8 Å². The van der Waals surface area contributed by atoms with Gasteiger partial charge in [-0.1, -0.05) is 39.0 Å². The van der Waals surface area contributed by atoms with Crippen molar-refractivity contribution in [1.82, 2.24) is 9.91 Å². The van der Waals surface area contributed by atoms with Gasteiger partial charge in [-0.2, -0.15) is 5.10 Å². The number of para-hydroxylation sites is 1. The third kappa shape index (κ3) is 5.92. The number of methoxy groups -OCH3 is 2. The third-order valence-electron chi connectivity index (χ3n) is 5.57. The average molecular weight is 452 g/mol. The van der Waals surface area contributed by atoms with Crippen molar-refractivity contribution < 1.29 is 19.1 Å². The van der Waals surface area contributed by atoms with Crippen LogP contribution in [0.15, 0.2) is 53.6 Å². The summed E-state index contributed by atoms with van der Waals surface area (Å²) in [5.74, 6) is 1.15. The second kappa shape index (κ2) is 10.1. The zero-order valence-electron chi connectivity index (χ0n) is 20.3. The normalized spacial score (nSPS) is 15.8. The van der Waals surface area contributed by atoms with Gasteiger partial charge >= 0.3 is 0 Å². The smallest absolute Gasteiger partial charge is 0.262 e. The molecule has 0 fully saturated rings. The Hall–Kier alpha value is -3.35. The van der Waals surface area contributed by atoms with Crippen LogP contribution in [-0.4, -0.2) is 55.2 Å². The number of benzene rings is 2. The van der Waals surface area contributed by atoms with Crippen molar-refractivity contribution in [2.24, 2.45) is 10.5 Å². The van der Waals surface area contributed by atoms with Crippen molar-refractivity contribution in [2.45, 2.75) is 39.7 Å². The van der Waals surface area contributed by atoms with Gasteiger partial charge in [0.25, 0.3) is 5.91 Å². The lowest BCUT2D eigenvalue weighted by Crippen LogP contribution is -2.40. The zero-order valence-corrected chi connectivity index (χ0v) is 20.3. The minimum Gasteiger partial charge on any atom is -0.497 e. The number of hydrazone groups is 1. The fourth-order valence-electron chi connectivity index (χ4n) is 3.83. The van der Waals surface area contributed by atoms with Crippen LogP contribution in [0.1, 0.15) is 50.8 Å². The van der Waals surface area contributed by atoms with Crippen LogP contribution in [-0.2, 0) is 9.59 Å². The van der Waals surface area contributed by atoms with E-state index in [9.17, 15) is 9.59 Å². The van der Waals surface area contributed by atoms with E-state index in [1.54, 1.807) is 21.3 Å². The van der Waals surface area contributed by atoms with Crippen molar-refractivity contribution in [3.05, 3.63) is 59.7 Å². The number of carbonyl (C=O) groups excluding carboxylic acids is 2. The van der Waals surface area contributed by atoms with Gasteiger partial charge in [-0.25, -0.2) is 5.01 Å². The molecular weight excluding hydrogens is 418 g/mol. The Bertz CT molecular complexity index is 1020. The van der Waals surface area contributed by atoms with Crippen LogP contribution in [0, 0.1) is 5.41 Å². The van der Waals surface area contributed by atoms with Crippen LogP contribution < -0.4 is 9.47 Å². The predicted octanol–water partition coefficient (Wildman–Crippen LogP) is 4.28. The molecule has 1 aliphatic rings. The van der Waals surface area contributed by atoms with E-state index in [0.29, 0.717) is 18.6 Å². The summed E-state index contributed by atoms with van der Waals surface area (Å²) in [5, 5.41) is 6.20. The highest BCUT2D eigenvalue weighted by molar-refractivity contribution is 6.03. The summed E-state index contributed by atoms with van der Waals surface area (Å²) in [5.41, 5.74) is 2.44. The largest absolute Gasteiger partial charge is 0.497 e. The first-order valence-electron chi connectivity index (χ1n) is 11.0. The van der Waals surface area contributed by atoms with Gasteiger partial charge in [0.1, 0.15) is 18.0 Å². The van der Waals surface area contributed by atoms with Crippen LogP contribution in [0.25, 0.3) is 0 Å². The molecule has 0 aromatic heterocycles. The molecule has 3 rings (SSSR count). The number of nitrogens with zero attached hydrogens (tertiary/aromatic N) is 3. The monoisotopic (exact) mass is 451 g/mol. The molecule has 0 radical (unpaired) electrons. The lowest BCUT2D eigenvalue weighted by Gasteiger charge is -2.27. The van der Waals surface area contributed by atoms with Crippen LogP contribution in [0.5, 0.6) is 11.5 Å². The molecule has 1 atom stereocenters. The maximum atomic E-state index is 13.4. The lowest BCUT2D eigenvalue weighted by molar-refractivity contribution is -0.141. The Balaban J connectivity index is 1.89. The van der Waals surface area contributed by atoms with Gasteiger partial charge in [-0.15, -0.1) is 0 Å². The number of ether oxygens (including phenoxy) is 2. The van der Waals surface area contributed by atoms with E-state index >= 15 is 0 Å². The molecule has 2 aromatic rings. The molecule has 2 aromatic carbocycles. The van der Waals surface area contributed by atoms with E-state index in [1.165, 1.54) is 9.91 Å². The number of hydrogen-bond donors (Lipinski definition) is 0. The van der Waals surface area contributed by atoms with E-state index in [0.717, 1.165) is 22.6 Å². The first-order valence-corrected chi connectivity index (χ1v) is 11.0. The molecule has 1 heterocycles. The first kappa shape index (κ1) is 24.3. The molecule has 0 saturated carbocycles. The summed E-state index contributed by atoms with van der Waals surface area (Å²) in [4.78, 5) is 27.4. The lowest BCUT2D eigenvalue weighted by atomic mass is 9.92. The summed E-state index contributed by atoms with van der Waals surface area (Å²) in [6.07, 6.45) is 0.908. The van der Waals surface area contributed by atoms with E-state index in [4.69, 9.17) is 14.6 Å². The Morgan fingerprint density at radius 2 is 1.73 bits per heavy atom. The van der Waals surface area contributed by atoms with Crippen molar-refractivity contribution in [1.29, 1.82) is 0 Å². The minimum absolute atomic E-state index is 0.0417. The number of likely N-dealkylation sites (N-methyl/N-ethyl adjacent to an activating group) is 1. The highest BCUT2D eigenvalue weighted by atomic mass is 16.5. The van der Waals surface area contributed by atoms with E-state index < -0.39 is 0 Å². The molecule has 0 spiro atoms. The second-order valence-electron chi connectivity index (χ2n) is 9.46. The Morgan fingerprint density at radius 1 is 1.06 bits per heavy atom. The maximum absolute atomic E-state index is 13.4. The van der Waals surface area contributed by atoms with Crippen LogP contribution in [0.4, 0.5) is 0 Å². The second-order valence-corrected chi connectivity index (χ2v) is 9.46. The van der Waals surface area contributed by atoms with Gasteiger partial charge in [0, 0.05) is 25.5 Å². The molecule has 1 aliphatic heterocycles. The molecule has 176 valence electrons. The molecule has 33 heavy (non-hydrogen) atoms. The number of carbonyl (C=O) groups is 2. The van der Waals surface area contributed by atoms with E-state index in [2.05, 4.69) is 0 Å². The molecule has 7 heteroatoms. The summed E-state index contributed by atoms with van der Waals surface area (Å²) in [6, 6.07) is 14.9. The Kier molecular flexibility index (Phi) is 7.41. The van der Waals surface area contributed by atoms with Crippen molar-refractivity contribution in [3.8, 4) is 11.5 Å².